The first-order chi connectivity index (χ1) is 13.3. The second kappa shape index (κ2) is 9.08. The van der Waals surface area contributed by atoms with Crippen LogP contribution >= 0.6 is 0 Å². The molecule has 2 rings (SSSR count). The molecule has 0 aliphatic rings. The highest BCUT2D eigenvalue weighted by atomic mass is 16.6. The van der Waals surface area contributed by atoms with E-state index in [0.29, 0.717) is 0 Å². The molecule has 2 amide bonds. The number of amides is 2. The van der Waals surface area contributed by atoms with E-state index in [1.807, 2.05) is 0 Å². The van der Waals surface area contributed by atoms with Gasteiger partial charge in [-0.25, -0.2) is 0 Å². The second-order valence-corrected chi connectivity index (χ2v) is 5.74. The van der Waals surface area contributed by atoms with Crippen molar-refractivity contribution < 1.29 is 24.4 Å². The molecule has 0 radical (unpaired) electrons. The molecule has 1 atom stereocenters. The van der Waals surface area contributed by atoms with Crippen LogP contribution in [0.2, 0.25) is 0 Å². The molecule has 2 aromatic carbocycles. The zero-order chi connectivity index (χ0) is 20.7. The Kier molecular flexibility index (Phi) is 6.58. The maximum atomic E-state index is 12.4. The van der Waals surface area contributed by atoms with E-state index in [2.05, 4.69) is 10.6 Å². The molecule has 144 valence electrons. The summed E-state index contributed by atoms with van der Waals surface area (Å²) in [5.41, 5.74) is 0.0652. The first-order valence-corrected chi connectivity index (χ1v) is 8.12. The molecule has 0 saturated carbocycles. The van der Waals surface area contributed by atoms with E-state index in [0.717, 1.165) is 0 Å². The predicted molar refractivity (Wildman–Crippen MR) is 97.6 cm³/mol. The lowest BCUT2D eigenvalue weighted by atomic mass is 10.1. The van der Waals surface area contributed by atoms with Gasteiger partial charge in [0.2, 0.25) is 0 Å². The minimum atomic E-state index is -1.50. The lowest BCUT2D eigenvalue weighted by molar-refractivity contribution is -0.384. The van der Waals surface area contributed by atoms with E-state index in [9.17, 15) is 29.6 Å². The summed E-state index contributed by atoms with van der Waals surface area (Å²) in [6.07, 6.45) is 1.21. The van der Waals surface area contributed by atoms with Crippen molar-refractivity contribution in [2.75, 3.05) is 0 Å². The van der Waals surface area contributed by atoms with Crippen LogP contribution in [0.25, 0.3) is 6.08 Å². The molecule has 0 aliphatic carbocycles. The van der Waals surface area contributed by atoms with Gasteiger partial charge >= 0.3 is 0 Å². The maximum Gasteiger partial charge on any atom is 0.270 e. The number of nitrogens with one attached hydrogen (secondary N) is 2. The topological polar surface area (TPSA) is 141 Å². The van der Waals surface area contributed by atoms with Crippen LogP contribution in [0.5, 0.6) is 0 Å². The number of carbonyl (C=O) groups is 3. The van der Waals surface area contributed by atoms with Crippen LogP contribution in [0.15, 0.2) is 60.3 Å². The number of rotatable bonds is 7. The third kappa shape index (κ3) is 5.49. The fraction of sp³-hybridized carbons (Fsp3) is 0.105. The van der Waals surface area contributed by atoms with Crippen LogP contribution in [-0.2, 0) is 9.59 Å². The Labute approximate surface area is 159 Å². The smallest absolute Gasteiger partial charge is 0.270 e. The summed E-state index contributed by atoms with van der Waals surface area (Å²) < 4.78 is 0. The van der Waals surface area contributed by atoms with Crippen LogP contribution in [0.4, 0.5) is 5.69 Å². The minimum absolute atomic E-state index is 0.203. The monoisotopic (exact) mass is 382 g/mol. The molecule has 0 spiro atoms. The van der Waals surface area contributed by atoms with Gasteiger partial charge in [0.1, 0.15) is 5.70 Å². The Morgan fingerprint density at radius 2 is 1.75 bits per heavy atom. The van der Waals surface area contributed by atoms with Gasteiger partial charge in [-0.3, -0.25) is 19.7 Å². The molecule has 0 bridgehead atoms. The van der Waals surface area contributed by atoms with Crippen molar-refractivity contribution in [3.05, 3.63) is 81.5 Å². The van der Waals surface area contributed by atoms with E-state index >= 15 is 0 Å². The van der Waals surface area contributed by atoms with Crippen LogP contribution in [0.1, 0.15) is 22.8 Å². The zero-order valence-electron chi connectivity index (χ0n) is 14.7. The summed E-state index contributed by atoms with van der Waals surface area (Å²) in [6.45, 7) is 1.21. The maximum absolute atomic E-state index is 12.4. The highest BCUT2D eigenvalue weighted by molar-refractivity contribution is 6.06. The van der Waals surface area contributed by atoms with Gasteiger partial charge in [0.25, 0.3) is 17.5 Å². The number of nitro benzene ring substituents is 1. The van der Waals surface area contributed by atoms with Crippen molar-refractivity contribution in [1.82, 2.24) is 10.6 Å². The van der Waals surface area contributed by atoms with Crippen molar-refractivity contribution in [1.29, 1.82) is 0 Å². The van der Waals surface area contributed by atoms with Gasteiger partial charge in [-0.05, 0) is 30.7 Å². The highest BCUT2D eigenvalue weighted by Crippen LogP contribution is 2.15. The van der Waals surface area contributed by atoms with Crippen LogP contribution in [0, 0.1) is 10.1 Å². The van der Waals surface area contributed by atoms with Gasteiger partial charge in [-0.2, -0.15) is 0 Å². The Morgan fingerprint density at radius 1 is 1.07 bits per heavy atom. The predicted octanol–water partition coefficient (Wildman–Crippen LogP) is 0.620. The molecule has 0 unspecified atom stereocenters. The van der Waals surface area contributed by atoms with Gasteiger partial charge in [-0.15, -0.1) is 0 Å². The summed E-state index contributed by atoms with van der Waals surface area (Å²) >= 11 is 0. The zero-order valence-corrected chi connectivity index (χ0v) is 14.7. The average molecular weight is 382 g/mol. The van der Waals surface area contributed by atoms with Crippen molar-refractivity contribution in [2.24, 2.45) is 0 Å². The molecule has 0 aliphatic heterocycles. The molecule has 28 heavy (non-hydrogen) atoms. The molecule has 2 aromatic rings. The number of non-ortho nitro benzene ring substituents is 1. The lowest BCUT2D eigenvalue weighted by Crippen LogP contribution is -2.48. The second-order valence-electron chi connectivity index (χ2n) is 5.74. The number of hydrogen-bond donors (Lipinski definition) is 2. The standard InChI is InChI=1S/C19H17N3O6/c1-12(19(25)26)20-18(24)16(21-17(23)14-7-3-2-4-8-14)11-13-6-5-9-15(10-13)22(27)28/h2-12H,1H3,(H,20,24)(H,21,23)(H,25,26)/p-1/b16-11+/t12-/m1/s1. The van der Waals surface area contributed by atoms with Crippen molar-refractivity contribution in [2.45, 2.75) is 13.0 Å². The summed E-state index contributed by atoms with van der Waals surface area (Å²) in [5.74, 6) is -2.99. The average Bonchev–Trinajstić information content (AvgIpc) is 2.68. The van der Waals surface area contributed by atoms with E-state index in [1.54, 1.807) is 18.2 Å². The van der Waals surface area contributed by atoms with Crippen LogP contribution < -0.4 is 15.7 Å². The van der Waals surface area contributed by atoms with E-state index in [-0.39, 0.29) is 22.5 Å². The number of carboxylic acids is 1. The van der Waals surface area contributed by atoms with Crippen LogP contribution in [-0.4, -0.2) is 28.7 Å². The normalized spacial score (nSPS) is 12.0. The molecule has 0 heterocycles. The van der Waals surface area contributed by atoms with Crippen molar-refractivity contribution in [3.63, 3.8) is 0 Å². The van der Waals surface area contributed by atoms with E-state index < -0.39 is 28.7 Å². The highest BCUT2D eigenvalue weighted by Gasteiger charge is 2.17. The minimum Gasteiger partial charge on any atom is -0.548 e. The Hall–Kier alpha value is -4.01. The fourth-order valence-corrected chi connectivity index (χ4v) is 2.17. The van der Waals surface area contributed by atoms with Gasteiger partial charge in [0.05, 0.1) is 16.9 Å². The number of benzene rings is 2. The number of carbonyl (C=O) groups excluding carboxylic acids is 3. The number of carboxylic acid groups (broad SMARTS) is 1. The fourth-order valence-electron chi connectivity index (χ4n) is 2.17. The number of hydrogen-bond acceptors (Lipinski definition) is 6. The quantitative estimate of drug-likeness (QED) is 0.408. The number of nitro groups is 1. The van der Waals surface area contributed by atoms with Gasteiger partial charge in [0.15, 0.2) is 0 Å². The van der Waals surface area contributed by atoms with Crippen molar-refractivity contribution in [3.8, 4) is 0 Å². The lowest BCUT2D eigenvalue weighted by Gasteiger charge is -2.17. The summed E-state index contributed by atoms with van der Waals surface area (Å²) in [4.78, 5) is 46.0. The van der Waals surface area contributed by atoms with Gasteiger partial charge in [0, 0.05) is 17.7 Å². The number of aliphatic carboxylic acids is 1. The first kappa shape index (κ1) is 20.3. The summed E-state index contributed by atoms with van der Waals surface area (Å²) in [5, 5.41) is 26.4. The summed E-state index contributed by atoms with van der Waals surface area (Å²) in [6, 6.07) is 12.1. The largest absolute Gasteiger partial charge is 0.548 e. The molecular weight excluding hydrogens is 366 g/mol. The molecule has 0 fully saturated rings. The van der Waals surface area contributed by atoms with Gasteiger partial charge < -0.3 is 20.5 Å². The Morgan fingerprint density at radius 3 is 2.36 bits per heavy atom. The van der Waals surface area contributed by atoms with Gasteiger partial charge in [-0.1, -0.05) is 30.3 Å². The molecule has 0 saturated heterocycles. The molecule has 0 aromatic heterocycles. The van der Waals surface area contributed by atoms with E-state index in [4.69, 9.17) is 0 Å². The Balaban J connectivity index is 2.36. The Bertz CT molecular complexity index is 940. The SMILES string of the molecule is C[C@@H](NC(=O)/C(=C\c1cccc([N+](=O)[O-])c1)NC(=O)c1ccccc1)C(=O)[O-]. The molecule has 2 N–H and O–H groups in total. The summed E-state index contributed by atoms with van der Waals surface area (Å²) in [7, 11) is 0. The van der Waals surface area contributed by atoms with Crippen molar-refractivity contribution >= 4 is 29.5 Å². The third-order valence-electron chi connectivity index (χ3n) is 3.62. The molecule has 9 heteroatoms. The third-order valence-corrected chi connectivity index (χ3v) is 3.62. The molecular formula is C19H16N3O6-. The van der Waals surface area contributed by atoms with E-state index in [1.165, 1.54) is 49.4 Å². The number of nitrogens with zero attached hydrogens (tertiary/aromatic N) is 1. The molecule has 9 nitrogen and oxygen atoms in total. The first-order valence-electron chi connectivity index (χ1n) is 8.12. The van der Waals surface area contributed by atoms with Crippen LogP contribution in [0.3, 0.4) is 0 Å².